The molecule has 0 atom stereocenters. The Labute approximate surface area is 150 Å². The van der Waals surface area contributed by atoms with Crippen molar-refractivity contribution in [2.24, 2.45) is 0 Å². The van der Waals surface area contributed by atoms with Gasteiger partial charge in [-0.1, -0.05) is 6.07 Å². The van der Waals surface area contributed by atoms with Crippen LogP contribution in [-0.4, -0.2) is 29.8 Å². The van der Waals surface area contributed by atoms with Crippen LogP contribution in [0.4, 0.5) is 11.4 Å². The fraction of sp³-hybridized carbons (Fsp3) is 0.263. The summed E-state index contributed by atoms with van der Waals surface area (Å²) in [6.45, 7) is 2.18. The van der Waals surface area contributed by atoms with Gasteiger partial charge >= 0.3 is 5.69 Å². The lowest BCUT2D eigenvalue weighted by Crippen LogP contribution is -2.23. The largest absolute Gasteiger partial charge is 0.478 e. The van der Waals surface area contributed by atoms with Gasteiger partial charge < -0.3 is 9.64 Å². The minimum atomic E-state index is -0.541. The molecule has 2 aromatic rings. The molecule has 0 spiro atoms. The van der Waals surface area contributed by atoms with Crippen LogP contribution in [0.1, 0.15) is 28.8 Å². The van der Waals surface area contributed by atoms with Crippen LogP contribution in [0.5, 0.6) is 5.75 Å². The van der Waals surface area contributed by atoms with E-state index in [9.17, 15) is 19.7 Å². The van der Waals surface area contributed by atoms with E-state index >= 15 is 0 Å². The van der Waals surface area contributed by atoms with Gasteiger partial charge in [-0.2, -0.15) is 0 Å². The SMILES string of the molecule is Cc1ccc([N+](=O)[O-])c(OCC(=O)c2ccc(N3CCCC3=O)cc2)c1. The lowest BCUT2D eigenvalue weighted by atomic mass is 10.1. The lowest BCUT2D eigenvalue weighted by molar-refractivity contribution is -0.385. The van der Waals surface area contributed by atoms with E-state index in [4.69, 9.17) is 4.74 Å². The standard InChI is InChI=1S/C19H18N2O5/c1-13-4-9-16(21(24)25)18(11-13)26-12-17(22)14-5-7-15(8-6-14)20-10-2-3-19(20)23/h4-9,11H,2-3,10,12H2,1H3. The molecular weight excluding hydrogens is 336 g/mol. The molecule has 1 aliphatic rings. The van der Waals surface area contributed by atoms with Crippen LogP contribution in [0, 0.1) is 17.0 Å². The first-order chi connectivity index (χ1) is 12.5. The average Bonchev–Trinajstić information content (AvgIpc) is 3.05. The van der Waals surface area contributed by atoms with Crippen molar-refractivity contribution >= 4 is 23.1 Å². The number of nitro benzene ring substituents is 1. The summed E-state index contributed by atoms with van der Waals surface area (Å²) in [7, 11) is 0. The molecule has 2 aromatic carbocycles. The summed E-state index contributed by atoms with van der Waals surface area (Å²) < 4.78 is 5.39. The second kappa shape index (κ2) is 7.35. The summed E-state index contributed by atoms with van der Waals surface area (Å²) in [5.41, 5.74) is 1.82. The van der Waals surface area contributed by atoms with Crippen molar-refractivity contribution in [2.75, 3.05) is 18.1 Å². The Morgan fingerprint density at radius 2 is 1.96 bits per heavy atom. The van der Waals surface area contributed by atoms with Crippen molar-refractivity contribution in [3.05, 3.63) is 63.7 Å². The quantitative estimate of drug-likeness (QED) is 0.451. The normalized spacial score (nSPS) is 13.7. The summed E-state index contributed by atoms with van der Waals surface area (Å²) in [4.78, 5) is 36.3. The van der Waals surface area contributed by atoms with Crippen molar-refractivity contribution < 1.29 is 19.2 Å². The molecule has 134 valence electrons. The van der Waals surface area contributed by atoms with Crippen LogP contribution >= 0.6 is 0 Å². The van der Waals surface area contributed by atoms with E-state index in [0.29, 0.717) is 18.5 Å². The van der Waals surface area contributed by atoms with Gasteiger partial charge in [-0.3, -0.25) is 19.7 Å². The smallest absolute Gasteiger partial charge is 0.310 e. The van der Waals surface area contributed by atoms with Crippen LogP contribution in [0.3, 0.4) is 0 Å². The number of nitrogens with zero attached hydrogens (tertiary/aromatic N) is 2. The molecule has 1 saturated heterocycles. The molecule has 1 heterocycles. The van der Waals surface area contributed by atoms with Crippen LogP contribution < -0.4 is 9.64 Å². The molecule has 0 saturated carbocycles. The molecule has 0 N–H and O–H groups in total. The van der Waals surface area contributed by atoms with Gasteiger partial charge in [0.25, 0.3) is 0 Å². The molecule has 1 aliphatic heterocycles. The second-order valence-corrected chi connectivity index (χ2v) is 6.14. The fourth-order valence-electron chi connectivity index (χ4n) is 2.86. The van der Waals surface area contributed by atoms with E-state index in [-0.39, 0.29) is 29.7 Å². The zero-order valence-electron chi connectivity index (χ0n) is 14.3. The molecule has 1 fully saturated rings. The maximum atomic E-state index is 12.3. The Morgan fingerprint density at radius 1 is 1.23 bits per heavy atom. The lowest BCUT2D eigenvalue weighted by Gasteiger charge is -2.15. The molecule has 7 nitrogen and oxygen atoms in total. The molecule has 3 rings (SSSR count). The zero-order valence-corrected chi connectivity index (χ0v) is 14.3. The number of hydrogen-bond donors (Lipinski definition) is 0. The van der Waals surface area contributed by atoms with E-state index in [2.05, 4.69) is 0 Å². The number of benzene rings is 2. The molecule has 0 aromatic heterocycles. The van der Waals surface area contributed by atoms with Crippen molar-refractivity contribution in [1.82, 2.24) is 0 Å². The van der Waals surface area contributed by atoms with Gasteiger partial charge in [0.1, 0.15) is 0 Å². The number of ketones is 1. The maximum Gasteiger partial charge on any atom is 0.310 e. The van der Waals surface area contributed by atoms with Gasteiger partial charge in [0, 0.05) is 30.3 Å². The molecular formula is C19H18N2O5. The van der Waals surface area contributed by atoms with Gasteiger partial charge in [-0.05, 0) is 49.2 Å². The van der Waals surface area contributed by atoms with Crippen LogP contribution in [0.25, 0.3) is 0 Å². The Balaban J connectivity index is 1.68. The highest BCUT2D eigenvalue weighted by Crippen LogP contribution is 2.28. The fourth-order valence-corrected chi connectivity index (χ4v) is 2.86. The summed E-state index contributed by atoms with van der Waals surface area (Å²) in [6.07, 6.45) is 1.38. The Hall–Kier alpha value is -3.22. The van der Waals surface area contributed by atoms with Crippen molar-refractivity contribution in [3.8, 4) is 5.75 Å². The van der Waals surface area contributed by atoms with E-state index in [1.165, 1.54) is 12.1 Å². The van der Waals surface area contributed by atoms with Gasteiger partial charge in [-0.15, -0.1) is 0 Å². The van der Waals surface area contributed by atoms with Crippen molar-refractivity contribution in [1.29, 1.82) is 0 Å². The third-order valence-corrected chi connectivity index (χ3v) is 4.25. The number of ether oxygens (including phenoxy) is 1. The number of nitro groups is 1. The Bertz CT molecular complexity index is 861. The first kappa shape index (κ1) is 17.6. The predicted molar refractivity (Wildman–Crippen MR) is 95.7 cm³/mol. The second-order valence-electron chi connectivity index (χ2n) is 6.14. The summed E-state index contributed by atoms with van der Waals surface area (Å²) in [5.74, 6) is -0.137. The topological polar surface area (TPSA) is 89.8 Å². The zero-order chi connectivity index (χ0) is 18.7. The highest BCUT2D eigenvalue weighted by Gasteiger charge is 2.22. The summed E-state index contributed by atoms with van der Waals surface area (Å²) in [6, 6.07) is 11.2. The van der Waals surface area contributed by atoms with Crippen LogP contribution in [-0.2, 0) is 4.79 Å². The summed E-state index contributed by atoms with van der Waals surface area (Å²) >= 11 is 0. The third kappa shape index (κ3) is 3.72. The Morgan fingerprint density at radius 3 is 2.58 bits per heavy atom. The molecule has 0 radical (unpaired) electrons. The molecule has 0 aliphatic carbocycles. The van der Waals surface area contributed by atoms with E-state index in [1.807, 2.05) is 0 Å². The number of carbonyl (C=O) groups is 2. The number of hydrogen-bond acceptors (Lipinski definition) is 5. The number of aryl methyl sites for hydroxylation is 1. The van der Waals surface area contributed by atoms with Crippen LogP contribution in [0.2, 0.25) is 0 Å². The molecule has 0 bridgehead atoms. The number of rotatable bonds is 6. The molecule has 1 amide bonds. The predicted octanol–water partition coefficient (Wildman–Crippen LogP) is 3.29. The monoisotopic (exact) mass is 354 g/mol. The van der Waals surface area contributed by atoms with Gasteiger partial charge in [0.15, 0.2) is 18.1 Å². The molecule has 26 heavy (non-hydrogen) atoms. The Kier molecular flexibility index (Phi) is 4.97. The first-order valence-corrected chi connectivity index (χ1v) is 8.27. The highest BCUT2D eigenvalue weighted by molar-refractivity contribution is 5.99. The number of carbonyl (C=O) groups excluding carboxylic acids is 2. The van der Waals surface area contributed by atoms with E-state index in [1.54, 1.807) is 42.2 Å². The highest BCUT2D eigenvalue weighted by atomic mass is 16.6. The van der Waals surface area contributed by atoms with E-state index < -0.39 is 4.92 Å². The van der Waals surface area contributed by atoms with Gasteiger partial charge in [0.2, 0.25) is 5.91 Å². The van der Waals surface area contributed by atoms with E-state index in [0.717, 1.165) is 17.7 Å². The van der Waals surface area contributed by atoms with Crippen LogP contribution in [0.15, 0.2) is 42.5 Å². The number of anilines is 1. The van der Waals surface area contributed by atoms with Gasteiger partial charge in [0.05, 0.1) is 4.92 Å². The third-order valence-electron chi connectivity index (χ3n) is 4.25. The summed E-state index contributed by atoms with van der Waals surface area (Å²) in [5, 5.41) is 11.0. The minimum absolute atomic E-state index is 0.0719. The number of amides is 1. The van der Waals surface area contributed by atoms with Gasteiger partial charge in [-0.25, -0.2) is 0 Å². The van der Waals surface area contributed by atoms with Crippen molar-refractivity contribution in [2.45, 2.75) is 19.8 Å². The molecule has 7 heteroatoms. The number of Topliss-reactive ketones (excluding diaryl/α,β-unsaturated/α-hetero) is 1. The van der Waals surface area contributed by atoms with Crippen molar-refractivity contribution in [3.63, 3.8) is 0 Å². The average molecular weight is 354 g/mol. The maximum absolute atomic E-state index is 12.3. The minimum Gasteiger partial charge on any atom is -0.478 e. The molecule has 0 unspecified atom stereocenters. The first-order valence-electron chi connectivity index (χ1n) is 8.27.